The monoisotopic (exact) mass is 1990 g/mol. The van der Waals surface area contributed by atoms with E-state index in [-0.39, 0.29) is 61.8 Å². The zero-order valence-electron chi connectivity index (χ0n) is 81.0. The number of ether oxygens (including phenoxy) is 9. The van der Waals surface area contributed by atoms with Gasteiger partial charge in [-0.1, -0.05) is 115 Å². The van der Waals surface area contributed by atoms with Gasteiger partial charge in [0, 0.05) is 158 Å². The number of aliphatic hydroxyl groups excluding tert-OH is 2. The number of carbonyl (C=O) groups is 4. The normalized spacial score (nSPS) is 16.6. The predicted octanol–water partition coefficient (Wildman–Crippen LogP) is 21.0. The number of aromatic nitrogens is 6. The van der Waals surface area contributed by atoms with Crippen molar-refractivity contribution >= 4 is 114 Å². The maximum absolute atomic E-state index is 12.9. The van der Waals surface area contributed by atoms with E-state index in [1.807, 2.05) is 200 Å². The fourth-order valence-corrected chi connectivity index (χ4v) is 20.2. The van der Waals surface area contributed by atoms with Crippen molar-refractivity contribution in [2.75, 3.05) is 152 Å². The number of likely N-dealkylation sites (N-methyl/N-ethyl adjacent to an activating group) is 1. The molecule has 744 valence electrons. The van der Waals surface area contributed by atoms with Gasteiger partial charge in [0.05, 0.1) is 59.1 Å². The molecule has 10 heterocycles. The van der Waals surface area contributed by atoms with Gasteiger partial charge in [-0.05, 0) is 278 Å². The van der Waals surface area contributed by atoms with E-state index in [1.54, 1.807) is 47.1 Å². The minimum absolute atomic E-state index is 0.156. The second-order valence-electron chi connectivity index (χ2n) is 35.6. The number of piperidine rings is 1. The van der Waals surface area contributed by atoms with Crippen molar-refractivity contribution in [2.24, 2.45) is 0 Å². The summed E-state index contributed by atoms with van der Waals surface area (Å²) in [6.45, 7) is 25.9. The fraction of sp³-hybridized carbons (Fsp3) is 0.417. The van der Waals surface area contributed by atoms with Crippen LogP contribution in [0.5, 0.6) is 23.0 Å². The van der Waals surface area contributed by atoms with Crippen LogP contribution < -0.4 is 18.9 Å². The Bertz CT molecular complexity index is 6230. The molecule has 0 bridgehead atoms. The summed E-state index contributed by atoms with van der Waals surface area (Å²) in [5, 5.41) is 27.7. The predicted molar refractivity (Wildman–Crippen MR) is 549 cm³/mol. The van der Waals surface area contributed by atoms with Gasteiger partial charge in [-0.15, -0.1) is 0 Å². The van der Waals surface area contributed by atoms with Gasteiger partial charge >= 0.3 is 24.4 Å². The lowest BCUT2D eigenvalue weighted by Crippen LogP contribution is -2.41. The number of methoxy groups -OCH3 is 1. The SMILES string of the molecule is CCOC(=O)N1CCc2c([nH]c3ccc(Cl)cc23)C1c1ccc(OCC(O)CN(C)CCOC)cc1.CCOC(=O)N1CCc2c([nH]c3ccc(Cl)cc23)C1c1ccc(OCC(O)Cn2ccnc2)cc1.CCOC(=O)N1CCc2c([nH]c3ccc(Cl)cc23)C1c1ccc(OCCCN(CC)CC)cc1.CCOC(=O)N1CCc2c([nH]c3ccc(Cl)cc23)C1c1ccc(OCCCN2CCCCC2)cc1. The van der Waals surface area contributed by atoms with Crippen LogP contribution in [0.4, 0.5) is 19.2 Å². The van der Waals surface area contributed by atoms with E-state index in [4.69, 9.17) is 89.0 Å². The van der Waals surface area contributed by atoms with Gasteiger partial charge in [0.2, 0.25) is 0 Å². The molecular formula is C108H129Cl4N13O15. The number of aliphatic hydroxyl groups is 2. The number of amides is 4. The molecule has 5 aromatic heterocycles. The molecule has 140 heavy (non-hydrogen) atoms. The van der Waals surface area contributed by atoms with E-state index in [1.165, 1.54) is 49.0 Å². The Balaban J connectivity index is 0.000000141. The molecule has 18 rings (SSSR count). The molecule has 1 fully saturated rings. The number of carbonyl (C=O) groups excluding carboxylic acids is 4. The zero-order valence-corrected chi connectivity index (χ0v) is 84.0. The first-order chi connectivity index (χ1) is 68.1. The number of halogens is 4. The second-order valence-corrected chi connectivity index (χ2v) is 37.3. The van der Waals surface area contributed by atoms with Crippen LogP contribution in [0, 0.1) is 0 Å². The molecule has 0 radical (unpaired) electrons. The van der Waals surface area contributed by atoms with Gasteiger partial charge in [-0.25, -0.2) is 24.2 Å². The summed E-state index contributed by atoms with van der Waals surface area (Å²) in [7, 11) is 3.59. The van der Waals surface area contributed by atoms with Crippen LogP contribution in [-0.4, -0.2) is 263 Å². The summed E-state index contributed by atoms with van der Waals surface area (Å²) in [6, 6.07) is 53.7. The summed E-state index contributed by atoms with van der Waals surface area (Å²) >= 11 is 25.1. The van der Waals surface area contributed by atoms with Gasteiger partial charge in [0.1, 0.15) is 72.6 Å². The van der Waals surface area contributed by atoms with Crippen LogP contribution in [0.1, 0.15) is 165 Å². The van der Waals surface area contributed by atoms with E-state index in [2.05, 4.69) is 60.7 Å². The summed E-state index contributed by atoms with van der Waals surface area (Å²) in [6.07, 6.45) is 11.5. The van der Waals surface area contributed by atoms with E-state index in [9.17, 15) is 29.4 Å². The molecule has 6 N–H and O–H groups in total. The standard InChI is InChI=1S/C28H34ClN3O3.C27H34ClN3O5.C27H34ClN3O3.C26H27ClN4O4/c1-2-34-28(33)32-17-13-23-24-19-21(29)9-12-25(24)30-26(23)27(32)20-7-10-22(11-8-20)35-18-6-16-31-14-4-3-5-15-31;1-4-35-27(33)31-12-11-22-23-15-19(28)7-10-24(23)29-25(22)26(31)18-5-8-21(9-6-18)36-17-20(32)16-30(2)13-14-34-3;1-4-30(5-2)15-7-17-34-21-11-8-19(9-12-21)26-25-22(14-16-31(26)27(32)33-6-3)23-18-20(28)10-13-24(23)29-25;1-2-34-26(33)31-11-9-21-22-13-18(27)5-8-23(22)29-24(21)25(31)17-3-6-20(7-4-17)35-15-19(32)14-30-12-10-28-16-30/h7-12,19,27,30H,2-6,13-18H2,1H3;5-10,15,20,26,29,32H,4,11-14,16-17H2,1-3H3;8-13,18,26,29H,4-7,14-17H2,1-3H3;3-8,10,12-13,16,19,25,29,32H,2,9,11,14-15H2,1H3. The number of nitrogens with zero attached hydrogens (tertiary/aromatic N) is 9. The highest BCUT2D eigenvalue weighted by atomic mass is 35.5. The molecule has 6 atom stereocenters. The molecule has 0 aliphatic carbocycles. The van der Waals surface area contributed by atoms with Gasteiger partial charge in [-0.2, -0.15) is 0 Å². The minimum atomic E-state index is -0.665. The Morgan fingerprint density at radius 3 is 1.08 bits per heavy atom. The number of rotatable bonds is 33. The van der Waals surface area contributed by atoms with Crippen molar-refractivity contribution in [1.29, 1.82) is 0 Å². The molecule has 0 spiro atoms. The zero-order chi connectivity index (χ0) is 98.3. The van der Waals surface area contributed by atoms with E-state index < -0.39 is 12.2 Å². The quantitative estimate of drug-likeness (QED) is 0.0164. The largest absolute Gasteiger partial charge is 0.494 e. The van der Waals surface area contributed by atoms with E-state index in [0.29, 0.717) is 130 Å². The Labute approximate surface area is 838 Å². The van der Waals surface area contributed by atoms with Crippen LogP contribution in [-0.2, 0) is 55.9 Å². The third-order valence-electron chi connectivity index (χ3n) is 26.3. The molecule has 28 nitrogen and oxygen atoms in total. The number of hydrogen-bond acceptors (Lipinski definition) is 19. The first-order valence-corrected chi connectivity index (χ1v) is 50.4. The third kappa shape index (κ3) is 25.4. The summed E-state index contributed by atoms with van der Waals surface area (Å²) in [4.78, 5) is 83.6. The second kappa shape index (κ2) is 49.6. The number of nitrogens with one attached hydrogen (secondary N) is 4. The van der Waals surface area contributed by atoms with Gasteiger partial charge in [0.15, 0.2) is 0 Å². The van der Waals surface area contributed by atoms with Crippen LogP contribution in [0.3, 0.4) is 0 Å². The molecule has 32 heteroatoms. The Morgan fingerprint density at radius 2 is 0.757 bits per heavy atom. The van der Waals surface area contributed by atoms with E-state index in [0.717, 1.165) is 164 Å². The highest BCUT2D eigenvalue weighted by molar-refractivity contribution is 6.32. The lowest BCUT2D eigenvalue weighted by molar-refractivity contribution is 0.0667. The van der Waals surface area contributed by atoms with Crippen molar-refractivity contribution in [3.05, 3.63) is 276 Å². The maximum atomic E-state index is 12.9. The third-order valence-corrected chi connectivity index (χ3v) is 27.3. The molecule has 6 unspecified atom stereocenters. The number of H-pyrrole nitrogens is 4. The number of likely N-dealkylation sites (tertiary alicyclic amines) is 1. The van der Waals surface area contributed by atoms with Gasteiger partial charge in [-0.3, -0.25) is 19.6 Å². The summed E-state index contributed by atoms with van der Waals surface area (Å²) < 4.78 is 52.0. The first kappa shape index (κ1) is 103. The average Bonchev–Trinajstić information content (AvgIpc) is 1.61. The van der Waals surface area contributed by atoms with Crippen molar-refractivity contribution < 1.29 is 72.0 Å². The molecule has 0 saturated carbocycles. The molecule has 5 aliphatic rings. The maximum Gasteiger partial charge on any atom is 0.410 e. The van der Waals surface area contributed by atoms with Crippen LogP contribution in [0.2, 0.25) is 20.1 Å². The first-order valence-electron chi connectivity index (χ1n) is 48.9. The number of benzene rings is 8. The number of imidazole rings is 1. The average molecular weight is 1990 g/mol. The lowest BCUT2D eigenvalue weighted by atomic mass is 9.92. The van der Waals surface area contributed by atoms with Gasteiger partial charge in [0.25, 0.3) is 0 Å². The molecule has 8 aromatic carbocycles. The number of aromatic amines is 4. The number of fused-ring (bicyclic) bond motifs is 12. The van der Waals surface area contributed by atoms with Crippen molar-refractivity contribution in [2.45, 2.75) is 142 Å². The van der Waals surface area contributed by atoms with Crippen LogP contribution in [0.25, 0.3) is 43.6 Å². The van der Waals surface area contributed by atoms with Crippen molar-refractivity contribution in [1.82, 2.24) is 63.8 Å². The number of hydrogen-bond donors (Lipinski definition) is 6. The Kier molecular flexibility index (Phi) is 36.4. The molecule has 5 aliphatic heterocycles. The van der Waals surface area contributed by atoms with Crippen LogP contribution in [0.15, 0.2) is 189 Å². The van der Waals surface area contributed by atoms with E-state index >= 15 is 0 Å². The molecule has 13 aromatic rings. The Morgan fingerprint density at radius 1 is 0.421 bits per heavy atom. The molecule has 4 amide bonds. The summed E-state index contributed by atoms with van der Waals surface area (Å²) in [5.74, 6) is 2.99. The lowest BCUT2D eigenvalue weighted by Gasteiger charge is -2.35. The Hall–Kier alpha value is -11.7. The highest BCUT2D eigenvalue weighted by Crippen LogP contribution is 2.46. The fourth-order valence-electron chi connectivity index (χ4n) is 19.5. The van der Waals surface area contributed by atoms with Crippen LogP contribution >= 0.6 is 46.4 Å². The smallest absolute Gasteiger partial charge is 0.410 e. The minimum Gasteiger partial charge on any atom is -0.494 e. The van der Waals surface area contributed by atoms with Crippen molar-refractivity contribution in [3.8, 4) is 23.0 Å². The topological polar surface area (TPSA) is 295 Å². The highest BCUT2D eigenvalue weighted by Gasteiger charge is 2.41. The molecular weight excluding hydrogens is 1860 g/mol. The molecule has 1 saturated heterocycles. The van der Waals surface area contributed by atoms with Gasteiger partial charge < -0.3 is 92.0 Å². The van der Waals surface area contributed by atoms with Crippen molar-refractivity contribution in [3.63, 3.8) is 0 Å². The summed E-state index contributed by atoms with van der Waals surface area (Å²) in [5.41, 5.74) is 16.7.